The van der Waals surface area contributed by atoms with Crippen LogP contribution in [0.4, 0.5) is 4.39 Å². The summed E-state index contributed by atoms with van der Waals surface area (Å²) in [5, 5.41) is 9.46. The van der Waals surface area contributed by atoms with E-state index in [4.69, 9.17) is 5.73 Å². The Balaban J connectivity index is 2.93. The first-order valence-electron chi connectivity index (χ1n) is 4.92. The molecule has 1 aromatic heterocycles. The molecule has 0 aromatic carbocycles. The summed E-state index contributed by atoms with van der Waals surface area (Å²) in [6.45, 7) is 2.73. The number of amides is 1. The number of carbonyl (C=O) groups is 1. The molecule has 0 aliphatic heterocycles. The molecule has 0 unspecified atom stereocenters. The van der Waals surface area contributed by atoms with Crippen LogP contribution in [0, 0.1) is 0 Å². The van der Waals surface area contributed by atoms with E-state index >= 15 is 0 Å². The number of aliphatic hydroxyl groups is 1. The van der Waals surface area contributed by atoms with Gasteiger partial charge in [0.1, 0.15) is 6.17 Å². The zero-order valence-electron chi connectivity index (χ0n) is 9.27. The van der Waals surface area contributed by atoms with Gasteiger partial charge in [-0.1, -0.05) is 0 Å². The summed E-state index contributed by atoms with van der Waals surface area (Å²) in [4.78, 5) is 15.0. The number of alkyl halides is 1. The molecule has 5 heteroatoms. The number of nitrogens with zero attached hydrogens (tertiary/aromatic N) is 1. The molecule has 1 heterocycles. The maximum absolute atomic E-state index is 13.6. The third-order valence-electron chi connectivity index (χ3n) is 2.29. The Bertz CT molecular complexity index is 388. The molecule has 0 saturated carbocycles. The number of hydrogen-bond acceptors (Lipinski definition) is 3. The third kappa shape index (κ3) is 3.00. The summed E-state index contributed by atoms with van der Waals surface area (Å²) in [5.74, 6) is -0.647. The van der Waals surface area contributed by atoms with Gasteiger partial charge in [-0.3, -0.25) is 9.78 Å². The minimum absolute atomic E-state index is 0.136. The van der Waals surface area contributed by atoms with Crippen LogP contribution in [0.2, 0.25) is 0 Å². The minimum atomic E-state index is -1.50. The Kier molecular flexibility index (Phi) is 3.59. The average molecular weight is 226 g/mol. The topological polar surface area (TPSA) is 76.2 Å². The number of nitrogens with two attached hydrogens (primary N) is 1. The lowest BCUT2D eigenvalue weighted by molar-refractivity contribution is -0.00308. The molecule has 0 fully saturated rings. The maximum Gasteiger partial charge on any atom is 0.250 e. The van der Waals surface area contributed by atoms with Gasteiger partial charge in [0, 0.05) is 12.6 Å². The number of carbonyl (C=O) groups excluding carboxylic acids is 1. The van der Waals surface area contributed by atoms with Crippen LogP contribution in [0.1, 0.15) is 29.9 Å². The van der Waals surface area contributed by atoms with Crippen molar-refractivity contribution in [3.8, 4) is 0 Å². The second-order valence-corrected chi connectivity index (χ2v) is 4.19. The van der Waals surface area contributed by atoms with Crippen LogP contribution >= 0.6 is 0 Å². The second kappa shape index (κ2) is 4.57. The number of rotatable bonds is 4. The molecule has 1 amide bonds. The normalized spacial score (nSPS) is 13.5. The van der Waals surface area contributed by atoms with Crippen molar-refractivity contribution in [2.45, 2.75) is 32.0 Å². The van der Waals surface area contributed by atoms with Crippen molar-refractivity contribution < 1.29 is 14.3 Å². The first kappa shape index (κ1) is 12.6. The summed E-state index contributed by atoms with van der Waals surface area (Å²) in [6, 6.07) is 3.04. The molecule has 0 aliphatic rings. The van der Waals surface area contributed by atoms with Gasteiger partial charge in [0.05, 0.1) is 16.9 Å². The van der Waals surface area contributed by atoms with Crippen molar-refractivity contribution in [3.05, 3.63) is 29.6 Å². The lowest BCUT2D eigenvalue weighted by Crippen LogP contribution is -2.35. The van der Waals surface area contributed by atoms with Gasteiger partial charge in [0.25, 0.3) is 5.91 Å². The lowest BCUT2D eigenvalue weighted by atomic mass is 9.97. The van der Waals surface area contributed by atoms with E-state index in [1.54, 1.807) is 6.07 Å². The number of pyridine rings is 1. The number of hydrogen-bond donors (Lipinski definition) is 2. The maximum atomic E-state index is 13.6. The molecule has 16 heavy (non-hydrogen) atoms. The van der Waals surface area contributed by atoms with Gasteiger partial charge in [0.2, 0.25) is 0 Å². The van der Waals surface area contributed by atoms with Crippen LogP contribution in [-0.2, 0) is 6.42 Å². The van der Waals surface area contributed by atoms with Crippen molar-refractivity contribution in [2.75, 3.05) is 0 Å². The quantitative estimate of drug-likeness (QED) is 0.798. The zero-order chi connectivity index (χ0) is 12.3. The van der Waals surface area contributed by atoms with E-state index in [-0.39, 0.29) is 17.7 Å². The van der Waals surface area contributed by atoms with Gasteiger partial charge in [-0.05, 0) is 26.0 Å². The lowest BCUT2D eigenvalue weighted by Gasteiger charge is -2.22. The predicted molar refractivity (Wildman–Crippen MR) is 57.7 cm³/mol. The second-order valence-electron chi connectivity index (χ2n) is 4.19. The smallest absolute Gasteiger partial charge is 0.250 e. The fourth-order valence-corrected chi connectivity index (χ4v) is 1.24. The van der Waals surface area contributed by atoms with Crippen LogP contribution in [0.5, 0.6) is 0 Å². The molecule has 0 saturated heterocycles. The number of primary amides is 1. The van der Waals surface area contributed by atoms with Gasteiger partial charge < -0.3 is 10.8 Å². The highest BCUT2D eigenvalue weighted by Crippen LogP contribution is 2.18. The van der Waals surface area contributed by atoms with Gasteiger partial charge in [-0.2, -0.15) is 0 Å². The molecule has 3 N–H and O–H groups in total. The van der Waals surface area contributed by atoms with Gasteiger partial charge in [-0.25, -0.2) is 4.39 Å². The number of aromatic nitrogens is 1. The first-order valence-corrected chi connectivity index (χ1v) is 4.92. The van der Waals surface area contributed by atoms with Gasteiger partial charge >= 0.3 is 0 Å². The van der Waals surface area contributed by atoms with E-state index in [1.807, 2.05) is 0 Å². The van der Waals surface area contributed by atoms with Crippen molar-refractivity contribution in [2.24, 2.45) is 5.73 Å². The van der Waals surface area contributed by atoms with E-state index in [2.05, 4.69) is 4.98 Å². The molecule has 1 atom stereocenters. The van der Waals surface area contributed by atoms with E-state index in [9.17, 15) is 14.3 Å². The summed E-state index contributed by atoms with van der Waals surface area (Å²) >= 11 is 0. The molecule has 88 valence electrons. The van der Waals surface area contributed by atoms with Crippen LogP contribution in [0.3, 0.4) is 0 Å². The summed E-state index contributed by atoms with van der Waals surface area (Å²) in [6.07, 6.45) is -0.179. The van der Waals surface area contributed by atoms with Crippen LogP contribution < -0.4 is 5.73 Å². The SMILES string of the molecule is CC(C)(O)[C@@H](F)Cc1ncccc1C(N)=O. The predicted octanol–water partition coefficient (Wildman–Crippen LogP) is 0.832. The van der Waals surface area contributed by atoms with Crippen molar-refractivity contribution in [1.82, 2.24) is 4.98 Å². The Morgan fingerprint density at radius 3 is 2.81 bits per heavy atom. The molecule has 0 aliphatic carbocycles. The van der Waals surface area contributed by atoms with Crippen molar-refractivity contribution in [3.63, 3.8) is 0 Å². The minimum Gasteiger partial charge on any atom is -0.387 e. The largest absolute Gasteiger partial charge is 0.387 e. The van der Waals surface area contributed by atoms with Crippen molar-refractivity contribution in [1.29, 1.82) is 0 Å². The average Bonchev–Trinajstić information content (AvgIpc) is 2.16. The summed E-state index contributed by atoms with van der Waals surface area (Å²) in [7, 11) is 0. The molecule has 1 rings (SSSR count). The Morgan fingerprint density at radius 1 is 1.69 bits per heavy atom. The highest BCUT2D eigenvalue weighted by atomic mass is 19.1. The molecule has 1 aromatic rings. The van der Waals surface area contributed by atoms with E-state index < -0.39 is 17.7 Å². The Morgan fingerprint density at radius 2 is 2.31 bits per heavy atom. The standard InChI is InChI=1S/C11H15FN2O2/c1-11(2,16)9(12)6-8-7(10(13)15)4-3-5-14-8/h3-5,9,16H,6H2,1-2H3,(H2,13,15)/t9-/m0/s1. The first-order chi connectivity index (χ1) is 7.32. The fraction of sp³-hybridized carbons (Fsp3) is 0.455. The van der Waals surface area contributed by atoms with Crippen molar-refractivity contribution >= 4 is 5.91 Å². The van der Waals surface area contributed by atoms with Crippen LogP contribution in [0.25, 0.3) is 0 Å². The van der Waals surface area contributed by atoms with Crippen LogP contribution in [0.15, 0.2) is 18.3 Å². The molecule has 4 nitrogen and oxygen atoms in total. The molecular weight excluding hydrogens is 211 g/mol. The fourth-order valence-electron chi connectivity index (χ4n) is 1.24. The molecule has 0 radical (unpaired) electrons. The Hall–Kier alpha value is -1.49. The third-order valence-corrected chi connectivity index (χ3v) is 2.29. The van der Waals surface area contributed by atoms with Gasteiger partial charge in [-0.15, -0.1) is 0 Å². The number of halogens is 1. The Labute approximate surface area is 93.3 Å². The van der Waals surface area contributed by atoms with Gasteiger partial charge in [0.15, 0.2) is 0 Å². The molecular formula is C11H15FN2O2. The molecule has 0 spiro atoms. The highest BCUT2D eigenvalue weighted by molar-refractivity contribution is 5.93. The zero-order valence-corrected chi connectivity index (χ0v) is 9.27. The highest BCUT2D eigenvalue weighted by Gasteiger charge is 2.28. The summed E-state index contributed by atoms with van der Waals surface area (Å²) < 4.78 is 13.6. The monoisotopic (exact) mass is 226 g/mol. The van der Waals surface area contributed by atoms with Crippen LogP contribution in [-0.4, -0.2) is 27.8 Å². The molecule has 0 bridgehead atoms. The van der Waals surface area contributed by atoms with E-state index in [1.165, 1.54) is 26.1 Å². The summed E-state index contributed by atoms with van der Waals surface area (Å²) in [5.41, 5.74) is 4.13. The van der Waals surface area contributed by atoms with E-state index in [0.717, 1.165) is 0 Å². The van der Waals surface area contributed by atoms with E-state index in [0.29, 0.717) is 0 Å².